The molecule has 0 rings (SSSR count). The maximum atomic E-state index is 12.6. The molecule has 0 aromatic heterocycles. The molecule has 342 valence electrons. The smallest absolute Gasteiger partial charge is 0.472 e. The average Bonchev–Trinajstić information content (AvgIpc) is 3.20. The summed E-state index contributed by atoms with van der Waals surface area (Å²) in [6.45, 7) is 2.31. The number of phosphoric ester groups is 1. The number of unbranched alkanes of at least 4 members (excludes halogenated alkanes) is 18. The van der Waals surface area contributed by atoms with Crippen molar-refractivity contribution in [3.05, 3.63) is 48.6 Å². The molecule has 4 atom stereocenters. The fourth-order valence-corrected chi connectivity index (χ4v) is 6.80. The van der Waals surface area contributed by atoms with E-state index in [1.807, 2.05) is 19.1 Å². The van der Waals surface area contributed by atoms with Crippen LogP contribution in [0.2, 0.25) is 0 Å². The van der Waals surface area contributed by atoms with Crippen molar-refractivity contribution in [1.82, 2.24) is 0 Å². The Bertz CT molecular complexity index is 1200. The number of phosphoric acid groups is 1. The molecule has 0 fully saturated rings. The van der Waals surface area contributed by atoms with Gasteiger partial charge in [0, 0.05) is 12.8 Å². The molecule has 0 saturated heterocycles. The number of rotatable bonds is 42. The molecule has 0 bridgehead atoms. The lowest BCUT2D eigenvalue weighted by atomic mass is 10.0. The number of hydrogen-bond donors (Lipinski definition) is 4. The Morgan fingerprint density at radius 1 is 0.593 bits per heavy atom. The van der Waals surface area contributed by atoms with E-state index in [0.29, 0.717) is 19.3 Å². The first-order valence-corrected chi connectivity index (χ1v) is 24.2. The minimum atomic E-state index is -4.74. The Hall–Kier alpha value is -2.60. The van der Waals surface area contributed by atoms with Crippen LogP contribution in [0.3, 0.4) is 0 Å². The maximum absolute atomic E-state index is 12.6. The third-order valence-electron chi connectivity index (χ3n) is 9.60. The molecule has 0 heterocycles. The fraction of sp³-hybridized carbons (Fsp3) is 0.761. The fourth-order valence-electron chi connectivity index (χ4n) is 6.02. The van der Waals surface area contributed by atoms with Gasteiger partial charge in [-0.25, -0.2) is 4.57 Å². The number of aliphatic hydroxyl groups is 1. The molecule has 0 radical (unpaired) electrons. The molecule has 0 aliphatic rings. The van der Waals surface area contributed by atoms with Gasteiger partial charge in [-0.05, 0) is 64.7 Å². The standard InChI is InChI=1S/C46H82NO11P/c1-3-4-5-6-7-8-9-10-11-12-15-18-21-24-27-30-33-36-44(49)55-38-42(39-56-59(53,54)57-40-43(47)46(51)52)58-45(50)37-34-31-28-25-22-19-16-13-14-17-20-23-26-29-32-35-41(2)48/h14,16-17,19,23,25-26,28,41-43,48H,3-13,15,18,20-22,24,27,29-40,47H2,1-2H3,(H,51,52)(H,53,54)/b17-14-,19-16-,26-23-,28-25-/t41-,42+,43-/m0/s1. The molecule has 0 spiro atoms. The summed E-state index contributed by atoms with van der Waals surface area (Å²) in [5, 5.41) is 18.2. The summed E-state index contributed by atoms with van der Waals surface area (Å²) in [5.74, 6) is -2.47. The number of aliphatic carboxylic acids is 1. The summed E-state index contributed by atoms with van der Waals surface area (Å²) in [4.78, 5) is 46.0. The van der Waals surface area contributed by atoms with Gasteiger partial charge in [0.15, 0.2) is 6.10 Å². The van der Waals surface area contributed by atoms with Gasteiger partial charge >= 0.3 is 25.7 Å². The van der Waals surface area contributed by atoms with E-state index in [4.69, 9.17) is 24.8 Å². The number of carbonyl (C=O) groups is 3. The second-order valence-corrected chi connectivity index (χ2v) is 16.9. The van der Waals surface area contributed by atoms with Crippen LogP contribution in [-0.4, -0.2) is 71.1 Å². The van der Waals surface area contributed by atoms with Gasteiger partial charge in [0.2, 0.25) is 0 Å². The molecule has 1 unspecified atom stereocenters. The van der Waals surface area contributed by atoms with Gasteiger partial charge in [-0.1, -0.05) is 158 Å². The molecule has 12 nitrogen and oxygen atoms in total. The van der Waals surface area contributed by atoms with E-state index in [0.717, 1.165) is 57.8 Å². The molecule has 0 amide bonds. The summed E-state index contributed by atoms with van der Waals surface area (Å²) < 4.78 is 32.6. The van der Waals surface area contributed by atoms with Crippen molar-refractivity contribution in [2.75, 3.05) is 19.8 Å². The molecule has 0 aromatic carbocycles. The Morgan fingerprint density at radius 2 is 1.02 bits per heavy atom. The molecule has 5 N–H and O–H groups in total. The minimum Gasteiger partial charge on any atom is -0.480 e. The van der Waals surface area contributed by atoms with Crippen LogP contribution in [0.1, 0.15) is 187 Å². The molecule has 13 heteroatoms. The second-order valence-electron chi connectivity index (χ2n) is 15.5. The van der Waals surface area contributed by atoms with Gasteiger partial charge < -0.3 is 30.3 Å². The summed E-state index contributed by atoms with van der Waals surface area (Å²) in [5.41, 5.74) is 5.33. The van der Waals surface area contributed by atoms with E-state index in [1.54, 1.807) is 0 Å². The average molecular weight is 856 g/mol. The lowest BCUT2D eigenvalue weighted by molar-refractivity contribution is -0.161. The number of hydrogen-bond acceptors (Lipinski definition) is 10. The molecule has 0 saturated carbocycles. The third-order valence-corrected chi connectivity index (χ3v) is 10.5. The van der Waals surface area contributed by atoms with E-state index >= 15 is 0 Å². The van der Waals surface area contributed by atoms with Gasteiger partial charge in [0.25, 0.3) is 0 Å². The van der Waals surface area contributed by atoms with Gasteiger partial charge in [0.1, 0.15) is 12.6 Å². The largest absolute Gasteiger partial charge is 0.480 e. The van der Waals surface area contributed by atoms with E-state index < -0.39 is 51.1 Å². The first kappa shape index (κ1) is 56.4. The zero-order valence-corrected chi connectivity index (χ0v) is 37.6. The lowest BCUT2D eigenvalue weighted by Gasteiger charge is -2.20. The van der Waals surface area contributed by atoms with Crippen LogP contribution in [0.15, 0.2) is 48.6 Å². The van der Waals surface area contributed by atoms with Crippen molar-refractivity contribution in [2.45, 2.75) is 205 Å². The van der Waals surface area contributed by atoms with E-state index in [2.05, 4.69) is 47.9 Å². The summed E-state index contributed by atoms with van der Waals surface area (Å²) >= 11 is 0. The van der Waals surface area contributed by atoms with Crippen LogP contribution >= 0.6 is 7.82 Å². The number of carboxylic acid groups (broad SMARTS) is 1. The van der Waals surface area contributed by atoms with Crippen LogP contribution in [0, 0.1) is 0 Å². The Kier molecular flexibility index (Phi) is 39.0. The van der Waals surface area contributed by atoms with Crippen molar-refractivity contribution in [2.24, 2.45) is 5.73 Å². The number of carbonyl (C=O) groups excluding carboxylic acids is 2. The number of esters is 2. The van der Waals surface area contributed by atoms with Gasteiger partial charge in [-0.2, -0.15) is 0 Å². The minimum absolute atomic E-state index is 0.0738. The molecule has 0 aromatic rings. The predicted molar refractivity (Wildman–Crippen MR) is 237 cm³/mol. The van der Waals surface area contributed by atoms with Crippen molar-refractivity contribution in [3.63, 3.8) is 0 Å². The number of carboxylic acids is 1. The zero-order chi connectivity index (χ0) is 43.7. The normalized spacial score (nSPS) is 14.7. The van der Waals surface area contributed by atoms with E-state index in [9.17, 15) is 28.9 Å². The highest BCUT2D eigenvalue weighted by molar-refractivity contribution is 7.47. The van der Waals surface area contributed by atoms with Crippen LogP contribution in [0.25, 0.3) is 0 Å². The summed E-state index contributed by atoms with van der Waals surface area (Å²) in [6, 6.07) is -1.54. The topological polar surface area (TPSA) is 192 Å². The van der Waals surface area contributed by atoms with Crippen LogP contribution < -0.4 is 5.73 Å². The summed E-state index contributed by atoms with van der Waals surface area (Å²) in [6.07, 6.45) is 43.1. The van der Waals surface area contributed by atoms with Crippen molar-refractivity contribution in [1.29, 1.82) is 0 Å². The van der Waals surface area contributed by atoms with Crippen molar-refractivity contribution in [3.8, 4) is 0 Å². The maximum Gasteiger partial charge on any atom is 0.472 e. The molecule has 0 aliphatic heterocycles. The molecular weight excluding hydrogens is 773 g/mol. The van der Waals surface area contributed by atoms with Crippen LogP contribution in [-0.2, 0) is 37.5 Å². The number of allylic oxidation sites excluding steroid dienone is 8. The van der Waals surface area contributed by atoms with Crippen LogP contribution in [0.5, 0.6) is 0 Å². The Balaban J connectivity index is 4.42. The monoisotopic (exact) mass is 856 g/mol. The second kappa shape index (κ2) is 40.8. The number of ether oxygens (including phenoxy) is 2. The highest BCUT2D eigenvalue weighted by Gasteiger charge is 2.28. The zero-order valence-electron chi connectivity index (χ0n) is 36.7. The first-order chi connectivity index (χ1) is 28.5. The molecular formula is C46H82NO11P. The Labute approximate surface area is 357 Å². The third kappa shape index (κ3) is 41.9. The summed E-state index contributed by atoms with van der Waals surface area (Å²) in [7, 11) is -4.74. The van der Waals surface area contributed by atoms with Gasteiger partial charge in [-0.15, -0.1) is 0 Å². The Morgan fingerprint density at radius 3 is 1.49 bits per heavy atom. The number of nitrogens with two attached hydrogens (primary N) is 1. The lowest BCUT2D eigenvalue weighted by Crippen LogP contribution is -2.34. The molecule has 59 heavy (non-hydrogen) atoms. The molecule has 0 aliphatic carbocycles. The highest BCUT2D eigenvalue weighted by Crippen LogP contribution is 2.43. The predicted octanol–water partition coefficient (Wildman–Crippen LogP) is 11.1. The van der Waals surface area contributed by atoms with Crippen molar-refractivity contribution >= 4 is 25.7 Å². The highest BCUT2D eigenvalue weighted by atomic mass is 31.2. The van der Waals surface area contributed by atoms with E-state index in [1.165, 1.54) is 83.5 Å². The SMILES string of the molecule is CCCCCCCCCCCCCCCCCCCC(=O)OC[C@H](COP(=O)(O)OC[C@H](N)C(=O)O)OC(=O)CCC/C=C\C/C=C\C/C=C\C/C=C\CCC[C@H](C)O. The van der Waals surface area contributed by atoms with Gasteiger partial charge in [0.05, 0.1) is 19.3 Å². The van der Waals surface area contributed by atoms with Crippen LogP contribution in [0.4, 0.5) is 0 Å². The first-order valence-electron chi connectivity index (χ1n) is 22.7. The van der Waals surface area contributed by atoms with E-state index in [-0.39, 0.29) is 25.6 Å². The number of aliphatic hydroxyl groups excluding tert-OH is 1. The van der Waals surface area contributed by atoms with Gasteiger partial charge in [-0.3, -0.25) is 23.4 Å². The quantitative estimate of drug-likeness (QED) is 0.0197. The van der Waals surface area contributed by atoms with Crippen molar-refractivity contribution < 1.29 is 52.6 Å².